The summed E-state index contributed by atoms with van der Waals surface area (Å²) in [6.45, 7) is 8.23. The number of sulfone groups is 1. The van der Waals surface area contributed by atoms with Gasteiger partial charge in [-0.05, 0) is 55.8 Å². The maximum atomic E-state index is 14.5. The number of piperidine rings is 1. The van der Waals surface area contributed by atoms with E-state index < -0.39 is 62.4 Å². The second kappa shape index (κ2) is 16.2. The van der Waals surface area contributed by atoms with Gasteiger partial charge in [0, 0.05) is 13.1 Å². The molecule has 0 aromatic heterocycles. The summed E-state index contributed by atoms with van der Waals surface area (Å²) in [4.78, 5) is 70.0. The Labute approximate surface area is 298 Å². The van der Waals surface area contributed by atoms with Gasteiger partial charge in [-0.3, -0.25) is 19.2 Å². The lowest BCUT2D eigenvalue weighted by atomic mass is 9.78. The standard InChI is InChI=1S/C37H59N5O7S/c1-4-22-38-33(45)31(43)26-17-12-9-7-5-6-8-10-13-18-27(34(46)42-24-25-29(36(25,2)3)30(42)32(44)39-26)40-35(47)41-37(20-14-11-15-21-37)28-19-16-23-50(28,48)49/h4,25-30H,1,5-24H2,2-3H3,(H,38,45)(H,39,44)(H2,40,41,47)/t25-,26-,27-,28-,29-,30-/m0/s1. The Morgan fingerprint density at radius 3 is 2.14 bits per heavy atom. The molecule has 2 saturated carbocycles. The third kappa shape index (κ3) is 8.39. The van der Waals surface area contributed by atoms with Gasteiger partial charge in [0.05, 0.1) is 22.6 Å². The number of hydrogen-bond donors (Lipinski definition) is 4. The minimum absolute atomic E-state index is 0.0883. The summed E-state index contributed by atoms with van der Waals surface area (Å²) in [5, 5.41) is 10.8. The summed E-state index contributed by atoms with van der Waals surface area (Å²) >= 11 is 0. The van der Waals surface area contributed by atoms with Crippen LogP contribution in [-0.2, 0) is 29.0 Å². The van der Waals surface area contributed by atoms with Crippen LogP contribution in [0.25, 0.3) is 0 Å². The molecule has 0 radical (unpaired) electrons. The molecule has 4 N–H and O–H groups in total. The third-order valence-electron chi connectivity index (χ3n) is 12.4. The van der Waals surface area contributed by atoms with Crippen molar-refractivity contribution >= 4 is 39.4 Å². The van der Waals surface area contributed by atoms with Crippen molar-refractivity contribution < 1.29 is 32.4 Å². The lowest BCUT2D eigenvalue weighted by molar-refractivity contribution is -0.144. The zero-order valence-electron chi connectivity index (χ0n) is 30.1. The van der Waals surface area contributed by atoms with Crippen molar-refractivity contribution in [3.05, 3.63) is 12.7 Å². The van der Waals surface area contributed by atoms with E-state index in [1.54, 1.807) is 4.90 Å². The fourth-order valence-corrected chi connectivity index (χ4v) is 11.9. The van der Waals surface area contributed by atoms with Crippen molar-refractivity contribution in [2.45, 2.75) is 152 Å². The van der Waals surface area contributed by atoms with E-state index in [4.69, 9.17) is 0 Å². The molecule has 50 heavy (non-hydrogen) atoms. The number of nitrogens with zero attached hydrogens (tertiary/aromatic N) is 1. The van der Waals surface area contributed by atoms with Crippen molar-refractivity contribution in [1.29, 1.82) is 0 Å². The number of Topliss-reactive ketones (excluding diaryl/α,β-unsaturated/α-hetero) is 1. The SMILES string of the molecule is C=CCNC(=O)C(=O)[C@@H]1CCCCCCCCCC[C@H](NC(=O)NC2([C@@H]3CCCS3(=O)=O)CCCCC2)C(=O)N2C[C@H]3[C@@H]([C@H]2C(=O)N1)C3(C)C. The van der Waals surface area contributed by atoms with E-state index in [2.05, 4.69) is 41.7 Å². The van der Waals surface area contributed by atoms with Crippen LogP contribution < -0.4 is 21.3 Å². The number of carbonyl (C=O) groups is 5. The second-order valence-corrected chi connectivity index (χ2v) is 18.4. The molecular weight excluding hydrogens is 659 g/mol. The smallest absolute Gasteiger partial charge is 0.315 e. The summed E-state index contributed by atoms with van der Waals surface area (Å²) in [7, 11) is -3.34. The van der Waals surface area contributed by atoms with Gasteiger partial charge in [-0.25, -0.2) is 13.2 Å². The number of nitrogens with one attached hydrogen (secondary N) is 4. The Bertz CT molecular complexity index is 1410. The first kappa shape index (κ1) is 38.3. The van der Waals surface area contributed by atoms with Crippen LogP contribution in [0.15, 0.2) is 12.7 Å². The second-order valence-electron chi connectivity index (χ2n) is 16.1. The predicted molar refractivity (Wildman–Crippen MR) is 191 cm³/mol. The summed E-state index contributed by atoms with van der Waals surface area (Å²) in [6.07, 6.45) is 14.3. The van der Waals surface area contributed by atoms with Gasteiger partial charge in [-0.2, -0.15) is 0 Å². The van der Waals surface area contributed by atoms with Crippen LogP contribution in [0.3, 0.4) is 0 Å². The van der Waals surface area contributed by atoms with Crippen LogP contribution in [-0.4, -0.2) is 90.6 Å². The minimum Gasteiger partial charge on any atom is -0.346 e. The predicted octanol–water partition coefficient (Wildman–Crippen LogP) is 3.69. The molecule has 2 aliphatic carbocycles. The molecule has 0 bridgehead atoms. The molecule has 13 heteroatoms. The van der Waals surface area contributed by atoms with Crippen molar-refractivity contribution in [1.82, 2.24) is 26.2 Å². The monoisotopic (exact) mass is 717 g/mol. The highest BCUT2D eigenvalue weighted by Gasteiger charge is 2.69. The molecule has 5 aliphatic rings. The number of fused-ring (bicyclic) bond motifs is 3. The molecule has 12 nitrogen and oxygen atoms in total. The molecule has 0 unspecified atom stereocenters. The molecule has 0 aromatic carbocycles. The number of amides is 5. The molecule has 5 fully saturated rings. The van der Waals surface area contributed by atoms with Crippen LogP contribution in [0.5, 0.6) is 0 Å². The maximum absolute atomic E-state index is 14.5. The Balaban J connectivity index is 1.38. The van der Waals surface area contributed by atoms with Crippen LogP contribution in [0.4, 0.5) is 4.79 Å². The Morgan fingerprint density at radius 1 is 0.900 bits per heavy atom. The van der Waals surface area contributed by atoms with E-state index in [0.717, 1.165) is 64.2 Å². The number of hydrogen-bond acceptors (Lipinski definition) is 7. The van der Waals surface area contributed by atoms with Crippen molar-refractivity contribution in [3.63, 3.8) is 0 Å². The van der Waals surface area contributed by atoms with Crippen LogP contribution in [0.1, 0.15) is 123 Å². The highest BCUT2D eigenvalue weighted by atomic mass is 32.2. The average molecular weight is 718 g/mol. The molecule has 3 heterocycles. The largest absolute Gasteiger partial charge is 0.346 e. The van der Waals surface area contributed by atoms with Gasteiger partial charge in [-0.1, -0.05) is 90.6 Å². The van der Waals surface area contributed by atoms with E-state index in [1.807, 2.05) is 0 Å². The van der Waals surface area contributed by atoms with Gasteiger partial charge in [-0.15, -0.1) is 6.58 Å². The molecule has 3 aliphatic heterocycles. The fraction of sp³-hybridized carbons (Fsp3) is 0.811. The van der Waals surface area contributed by atoms with E-state index >= 15 is 0 Å². The minimum atomic E-state index is -3.34. The van der Waals surface area contributed by atoms with Gasteiger partial charge >= 0.3 is 6.03 Å². The summed E-state index contributed by atoms with van der Waals surface area (Å²) in [5.74, 6) is -2.18. The van der Waals surface area contributed by atoms with Crippen molar-refractivity contribution in [2.75, 3.05) is 18.8 Å². The van der Waals surface area contributed by atoms with Gasteiger partial charge < -0.3 is 26.2 Å². The van der Waals surface area contributed by atoms with E-state index in [1.165, 1.54) is 6.08 Å². The highest BCUT2D eigenvalue weighted by molar-refractivity contribution is 7.92. The first-order valence-corrected chi connectivity index (χ1v) is 20.9. The first-order valence-electron chi connectivity index (χ1n) is 19.2. The highest BCUT2D eigenvalue weighted by Crippen LogP contribution is 2.65. The lowest BCUT2D eigenvalue weighted by Gasteiger charge is -2.42. The molecule has 5 amide bonds. The normalized spacial score (nSPS) is 32.7. The molecule has 0 aromatic rings. The zero-order valence-corrected chi connectivity index (χ0v) is 30.9. The Hall–Kier alpha value is -2.96. The van der Waals surface area contributed by atoms with Gasteiger partial charge in [0.15, 0.2) is 9.84 Å². The summed E-state index contributed by atoms with van der Waals surface area (Å²) in [6, 6.07) is -3.30. The molecule has 6 atom stereocenters. The topological polar surface area (TPSA) is 171 Å². The Morgan fingerprint density at radius 2 is 1.52 bits per heavy atom. The lowest BCUT2D eigenvalue weighted by Crippen LogP contribution is -2.63. The average Bonchev–Trinajstić information content (AvgIpc) is 3.38. The van der Waals surface area contributed by atoms with Crippen LogP contribution >= 0.6 is 0 Å². The maximum Gasteiger partial charge on any atom is 0.315 e. The van der Waals surface area contributed by atoms with Gasteiger partial charge in [0.2, 0.25) is 17.6 Å². The number of carbonyl (C=O) groups excluding carboxylic acids is 5. The summed E-state index contributed by atoms with van der Waals surface area (Å²) < 4.78 is 26.2. The van der Waals surface area contributed by atoms with Gasteiger partial charge in [0.25, 0.3) is 5.91 Å². The summed E-state index contributed by atoms with van der Waals surface area (Å²) in [5.41, 5.74) is -1.04. The van der Waals surface area contributed by atoms with E-state index in [-0.39, 0.29) is 35.5 Å². The third-order valence-corrected chi connectivity index (χ3v) is 14.8. The molecular formula is C37H59N5O7S. The zero-order chi connectivity index (χ0) is 36.1. The number of rotatable bonds is 7. The quantitative estimate of drug-likeness (QED) is 0.230. The van der Waals surface area contributed by atoms with E-state index in [0.29, 0.717) is 51.5 Å². The number of urea groups is 1. The molecule has 3 saturated heterocycles. The molecule has 5 rings (SSSR count). The first-order chi connectivity index (χ1) is 23.8. The molecule has 280 valence electrons. The van der Waals surface area contributed by atoms with Crippen LogP contribution in [0, 0.1) is 17.3 Å². The van der Waals surface area contributed by atoms with Crippen molar-refractivity contribution in [2.24, 2.45) is 17.3 Å². The van der Waals surface area contributed by atoms with E-state index in [9.17, 15) is 32.4 Å². The molecule has 0 spiro atoms. The number of ketones is 1. The fourth-order valence-electron chi connectivity index (χ4n) is 9.51. The van der Waals surface area contributed by atoms with Crippen LogP contribution in [0.2, 0.25) is 0 Å². The van der Waals surface area contributed by atoms with Crippen molar-refractivity contribution in [3.8, 4) is 0 Å². The Kier molecular flexibility index (Phi) is 12.4. The van der Waals surface area contributed by atoms with Gasteiger partial charge in [0.1, 0.15) is 12.1 Å².